The Labute approximate surface area is 329 Å². The highest BCUT2D eigenvalue weighted by Gasteiger charge is 2.60. The third-order valence-corrected chi connectivity index (χ3v) is 22.3. The lowest BCUT2D eigenvalue weighted by Crippen LogP contribution is -2.69. The molecule has 55 heavy (non-hydrogen) atoms. The Morgan fingerprint density at radius 1 is 0.727 bits per heavy atom. The first-order valence-electron chi connectivity index (χ1n) is 19.6. The van der Waals surface area contributed by atoms with Gasteiger partial charge in [0.2, 0.25) is 5.91 Å². The fourth-order valence-electron chi connectivity index (χ4n) is 9.66. The highest BCUT2D eigenvalue weighted by atomic mass is 28.4. The number of carbonyl (C=O) groups excluding carboxylic acids is 2. The van der Waals surface area contributed by atoms with Crippen molar-refractivity contribution in [3.63, 3.8) is 0 Å². The largest absolute Gasteiger partial charge is 0.405 e. The Bertz CT molecular complexity index is 1880. The van der Waals surface area contributed by atoms with Crippen molar-refractivity contribution in [3.05, 3.63) is 121 Å². The average molecular weight is 776 g/mol. The maximum atomic E-state index is 13.9. The molecule has 0 aliphatic carbocycles. The summed E-state index contributed by atoms with van der Waals surface area (Å²) in [6.07, 6.45) is -1.12. The van der Waals surface area contributed by atoms with Crippen molar-refractivity contribution in [2.45, 2.75) is 89.4 Å². The Hall–Kier alpha value is -3.91. The number of hydrogen-bond acceptors (Lipinski definition) is 6. The number of likely N-dealkylation sites (tertiary alicyclic amines) is 1. The van der Waals surface area contributed by atoms with Crippen molar-refractivity contribution in [1.82, 2.24) is 15.1 Å². The number of carbonyl (C=O) groups is 2. The first-order valence-corrected chi connectivity index (χ1v) is 23.4. The molecular formula is C45H57N3O5Si2. The topological polar surface area (TPSA) is 80.3 Å². The predicted octanol–water partition coefficient (Wildman–Crippen LogP) is 5.50. The molecule has 3 heterocycles. The number of urea groups is 1. The summed E-state index contributed by atoms with van der Waals surface area (Å²) in [6.45, 7) is 17.0. The van der Waals surface area contributed by atoms with E-state index in [0.717, 1.165) is 0 Å². The van der Waals surface area contributed by atoms with Crippen LogP contribution in [0.2, 0.25) is 10.1 Å². The SMILES string of the molecule is CN1C[C@@H]2N([C@H]3C[C@H](O[Si](c4ccccc4)(c4ccccc4)C(C)(C)C)[C@@H](CO[Si](c4ccccc4)(c4ccccc4)C(C)(C)C)O3)C(=O)NC(=O)[C@]2(C)C1. The maximum absolute atomic E-state index is 13.9. The number of hydrogen-bond donors (Lipinski definition) is 1. The molecule has 7 rings (SSSR count). The molecule has 4 aromatic rings. The lowest BCUT2D eigenvalue weighted by atomic mass is 9.81. The number of likely N-dealkylation sites (N-methyl/N-ethyl adjacent to an activating group) is 1. The summed E-state index contributed by atoms with van der Waals surface area (Å²) in [7, 11) is -4.02. The van der Waals surface area contributed by atoms with Crippen LogP contribution in [-0.2, 0) is 18.4 Å². The van der Waals surface area contributed by atoms with E-state index in [-0.39, 0.29) is 28.6 Å². The second-order valence-electron chi connectivity index (χ2n) is 18.0. The van der Waals surface area contributed by atoms with Gasteiger partial charge < -0.3 is 18.5 Å². The average Bonchev–Trinajstić information content (AvgIpc) is 3.70. The van der Waals surface area contributed by atoms with Gasteiger partial charge >= 0.3 is 6.03 Å². The van der Waals surface area contributed by atoms with Crippen molar-refractivity contribution in [1.29, 1.82) is 0 Å². The van der Waals surface area contributed by atoms with E-state index in [1.807, 2.05) is 14.0 Å². The summed E-state index contributed by atoms with van der Waals surface area (Å²) in [5.74, 6) is -0.229. The molecule has 3 amide bonds. The van der Waals surface area contributed by atoms with E-state index in [4.69, 9.17) is 13.6 Å². The van der Waals surface area contributed by atoms with Crippen molar-refractivity contribution < 1.29 is 23.2 Å². The minimum absolute atomic E-state index is 0.229. The van der Waals surface area contributed by atoms with Crippen LogP contribution in [0.25, 0.3) is 0 Å². The van der Waals surface area contributed by atoms with Crippen LogP contribution in [0.5, 0.6) is 0 Å². The summed E-state index contributed by atoms with van der Waals surface area (Å²) >= 11 is 0. The van der Waals surface area contributed by atoms with Gasteiger partial charge in [-0.3, -0.25) is 15.0 Å². The number of fused-ring (bicyclic) bond motifs is 1. The van der Waals surface area contributed by atoms with Gasteiger partial charge in [-0.1, -0.05) is 163 Å². The van der Waals surface area contributed by atoms with Crippen LogP contribution in [0.15, 0.2) is 121 Å². The van der Waals surface area contributed by atoms with Crippen LogP contribution >= 0.6 is 0 Å². The van der Waals surface area contributed by atoms with Gasteiger partial charge in [-0.2, -0.15) is 0 Å². The zero-order chi connectivity index (χ0) is 39.2. The van der Waals surface area contributed by atoms with E-state index < -0.39 is 46.5 Å². The van der Waals surface area contributed by atoms with Gasteiger partial charge in [0, 0.05) is 19.5 Å². The highest BCUT2D eigenvalue weighted by molar-refractivity contribution is 7.00. The lowest BCUT2D eigenvalue weighted by Gasteiger charge is -2.46. The second-order valence-corrected chi connectivity index (χ2v) is 26.5. The third kappa shape index (κ3) is 6.85. The monoisotopic (exact) mass is 775 g/mol. The molecule has 1 N–H and O–H groups in total. The second kappa shape index (κ2) is 14.9. The van der Waals surface area contributed by atoms with Crippen LogP contribution < -0.4 is 26.1 Å². The standard InChI is InChI=1S/C45H57N3O5Si2/c1-43(2,3)54(33-21-13-9-14-22-33,34-23-15-10-16-24-34)51-31-38-37(29-40(52-38)48-39-30-47(8)32-45(39,7)41(49)46-42(48)50)53-55(44(4,5)6,35-25-17-11-18-26-35)36-27-19-12-20-28-36/h9-28,37-40H,29-32H2,1-8H3,(H,46,49,50)/t37-,38+,39-,40+,45+/m0/s1. The Morgan fingerprint density at radius 2 is 1.16 bits per heavy atom. The van der Waals surface area contributed by atoms with Crippen LogP contribution in [0, 0.1) is 5.41 Å². The van der Waals surface area contributed by atoms with E-state index in [9.17, 15) is 9.59 Å². The van der Waals surface area contributed by atoms with Gasteiger partial charge in [-0.05, 0) is 44.8 Å². The van der Waals surface area contributed by atoms with Crippen LogP contribution in [0.3, 0.4) is 0 Å². The normalized spacial score (nSPS) is 25.2. The molecular weight excluding hydrogens is 719 g/mol. The quantitative estimate of drug-likeness (QED) is 0.215. The molecule has 0 saturated carbocycles. The zero-order valence-corrected chi connectivity index (χ0v) is 35.6. The van der Waals surface area contributed by atoms with Gasteiger partial charge in [0.1, 0.15) is 12.3 Å². The van der Waals surface area contributed by atoms with Crippen molar-refractivity contribution in [2.24, 2.45) is 5.41 Å². The number of nitrogens with zero attached hydrogens (tertiary/aromatic N) is 2. The van der Waals surface area contributed by atoms with Gasteiger partial charge in [-0.15, -0.1) is 0 Å². The molecule has 10 heteroatoms. The molecule has 5 atom stereocenters. The molecule has 0 spiro atoms. The number of imide groups is 1. The lowest BCUT2D eigenvalue weighted by molar-refractivity contribution is -0.139. The van der Waals surface area contributed by atoms with Crippen molar-refractivity contribution in [2.75, 3.05) is 26.7 Å². The minimum atomic E-state index is -3.06. The fourth-order valence-corrected chi connectivity index (χ4v) is 18.9. The van der Waals surface area contributed by atoms with E-state index in [1.165, 1.54) is 20.7 Å². The van der Waals surface area contributed by atoms with Crippen LogP contribution in [0.1, 0.15) is 54.9 Å². The van der Waals surface area contributed by atoms with Crippen LogP contribution in [0.4, 0.5) is 4.79 Å². The summed E-state index contributed by atoms with van der Waals surface area (Å²) < 4.78 is 22.6. The predicted molar refractivity (Wildman–Crippen MR) is 224 cm³/mol. The van der Waals surface area contributed by atoms with E-state index >= 15 is 0 Å². The minimum Gasteiger partial charge on any atom is -0.405 e. The Balaban J connectivity index is 1.35. The number of nitrogens with one attached hydrogen (secondary N) is 1. The first-order chi connectivity index (χ1) is 26.1. The summed E-state index contributed by atoms with van der Waals surface area (Å²) in [5.41, 5.74) is -0.760. The molecule has 3 aliphatic rings. The molecule has 3 saturated heterocycles. The smallest absolute Gasteiger partial charge is 0.326 e. The van der Waals surface area contributed by atoms with E-state index in [0.29, 0.717) is 19.5 Å². The summed E-state index contributed by atoms with van der Waals surface area (Å²) in [4.78, 5) is 31.2. The molecule has 8 nitrogen and oxygen atoms in total. The van der Waals surface area contributed by atoms with E-state index in [2.05, 4.69) is 173 Å². The number of benzene rings is 4. The summed E-state index contributed by atoms with van der Waals surface area (Å²) in [6, 6.07) is 41.8. The number of amides is 3. The Kier molecular flexibility index (Phi) is 10.6. The third-order valence-electron chi connectivity index (χ3n) is 12.2. The molecule has 4 aromatic carbocycles. The van der Waals surface area contributed by atoms with Crippen molar-refractivity contribution >= 4 is 49.3 Å². The molecule has 0 unspecified atom stereocenters. The van der Waals surface area contributed by atoms with Gasteiger partial charge in [0.15, 0.2) is 0 Å². The molecule has 0 bridgehead atoms. The first kappa shape index (κ1) is 39.3. The van der Waals surface area contributed by atoms with Gasteiger partial charge in [-0.25, -0.2) is 4.79 Å². The van der Waals surface area contributed by atoms with Gasteiger partial charge in [0.05, 0.1) is 24.2 Å². The van der Waals surface area contributed by atoms with Crippen molar-refractivity contribution in [3.8, 4) is 0 Å². The molecule has 290 valence electrons. The number of rotatable bonds is 10. The summed E-state index contributed by atoms with van der Waals surface area (Å²) in [5, 5.41) is 6.90. The van der Waals surface area contributed by atoms with Crippen LogP contribution in [-0.4, -0.2) is 89.6 Å². The fraction of sp³-hybridized carbons (Fsp3) is 0.422. The Morgan fingerprint density at radius 3 is 1.60 bits per heavy atom. The molecule has 3 fully saturated rings. The zero-order valence-electron chi connectivity index (χ0n) is 33.6. The molecule has 3 aliphatic heterocycles. The highest BCUT2D eigenvalue weighted by Crippen LogP contribution is 2.44. The van der Waals surface area contributed by atoms with E-state index in [1.54, 1.807) is 4.90 Å². The maximum Gasteiger partial charge on any atom is 0.326 e. The van der Waals surface area contributed by atoms with Gasteiger partial charge in [0.25, 0.3) is 16.6 Å². The molecule has 0 radical (unpaired) electrons. The molecule has 0 aromatic heterocycles. The number of ether oxygens (including phenoxy) is 1.